The van der Waals surface area contributed by atoms with Crippen LogP contribution < -0.4 is 0 Å². The van der Waals surface area contributed by atoms with Crippen LogP contribution in [0, 0.1) is 5.92 Å². The highest BCUT2D eigenvalue weighted by Gasteiger charge is 2.21. The minimum atomic E-state index is -0.864. The van der Waals surface area contributed by atoms with Gasteiger partial charge in [0.2, 0.25) is 0 Å². The van der Waals surface area contributed by atoms with Crippen molar-refractivity contribution in [1.29, 1.82) is 0 Å². The van der Waals surface area contributed by atoms with E-state index in [0.717, 1.165) is 37.0 Å². The van der Waals surface area contributed by atoms with Crippen molar-refractivity contribution in [1.82, 2.24) is 9.88 Å². The van der Waals surface area contributed by atoms with Gasteiger partial charge in [-0.15, -0.1) is 0 Å². The smallest absolute Gasteiger partial charge is 0.335 e. The number of nitrogens with zero attached hydrogens (tertiary/aromatic N) is 1. The fourth-order valence-corrected chi connectivity index (χ4v) is 3.08. The third kappa shape index (κ3) is 2.31. The van der Waals surface area contributed by atoms with E-state index in [4.69, 9.17) is 5.11 Å². The number of carboxylic acid groups (broad SMARTS) is 1. The van der Waals surface area contributed by atoms with Crippen molar-refractivity contribution in [3.05, 3.63) is 35.0 Å². The Bertz CT molecular complexity index is 658. The van der Waals surface area contributed by atoms with Crippen LogP contribution >= 0.6 is 0 Å². The van der Waals surface area contributed by atoms with Gasteiger partial charge in [0.05, 0.1) is 5.56 Å². The summed E-state index contributed by atoms with van der Waals surface area (Å²) in [5, 5.41) is 10.2. The molecule has 0 bridgehead atoms. The third-order valence-corrected chi connectivity index (χ3v) is 3.92. The average Bonchev–Trinajstić information content (AvgIpc) is 2.75. The van der Waals surface area contributed by atoms with Gasteiger partial charge in [0.15, 0.2) is 0 Å². The molecule has 4 heteroatoms. The minimum Gasteiger partial charge on any atom is -0.478 e. The first kappa shape index (κ1) is 13.2. The molecule has 0 spiro atoms. The number of hydrogen-bond donors (Lipinski definition) is 2. The topological polar surface area (TPSA) is 56.3 Å². The van der Waals surface area contributed by atoms with Crippen LogP contribution in [0.3, 0.4) is 0 Å². The Hall–Kier alpha value is -1.81. The monoisotopic (exact) mass is 272 g/mol. The third-order valence-electron chi connectivity index (χ3n) is 3.92. The van der Waals surface area contributed by atoms with Crippen LogP contribution in [-0.2, 0) is 13.0 Å². The predicted molar refractivity (Wildman–Crippen MR) is 79.1 cm³/mol. The first-order valence-corrected chi connectivity index (χ1v) is 7.13. The second-order valence-corrected chi connectivity index (χ2v) is 6.03. The molecule has 4 nitrogen and oxygen atoms in total. The maximum Gasteiger partial charge on any atom is 0.335 e. The number of carbonyl (C=O) groups is 1. The summed E-state index contributed by atoms with van der Waals surface area (Å²) in [7, 11) is 0. The number of fused-ring (bicyclic) bond motifs is 3. The molecule has 1 aliphatic rings. The Kier molecular flexibility index (Phi) is 3.26. The van der Waals surface area contributed by atoms with Crippen molar-refractivity contribution in [3.8, 4) is 0 Å². The van der Waals surface area contributed by atoms with Gasteiger partial charge in [-0.1, -0.05) is 13.8 Å². The number of nitrogens with one attached hydrogen (secondary N) is 1. The summed E-state index contributed by atoms with van der Waals surface area (Å²) in [5.41, 5.74) is 3.95. The van der Waals surface area contributed by atoms with Gasteiger partial charge in [-0.25, -0.2) is 4.79 Å². The van der Waals surface area contributed by atoms with Gasteiger partial charge in [0.1, 0.15) is 0 Å². The number of aromatic nitrogens is 1. The van der Waals surface area contributed by atoms with Crippen LogP contribution in [0.2, 0.25) is 0 Å². The molecule has 20 heavy (non-hydrogen) atoms. The van der Waals surface area contributed by atoms with Crippen LogP contribution in [0.15, 0.2) is 18.2 Å². The minimum absolute atomic E-state index is 0.361. The van der Waals surface area contributed by atoms with Crippen LogP contribution in [0.4, 0.5) is 0 Å². The largest absolute Gasteiger partial charge is 0.478 e. The SMILES string of the molecule is CC(C)CN1CCc2[nH]c3ccc(C(=O)O)cc3c2C1. The van der Waals surface area contributed by atoms with E-state index in [1.165, 1.54) is 11.3 Å². The summed E-state index contributed by atoms with van der Waals surface area (Å²) >= 11 is 0. The number of carboxylic acids is 1. The molecule has 2 N–H and O–H groups in total. The number of benzene rings is 1. The fraction of sp³-hybridized carbons (Fsp3) is 0.438. The maximum atomic E-state index is 11.1. The molecular formula is C16H20N2O2. The summed E-state index contributed by atoms with van der Waals surface area (Å²) in [6.45, 7) is 7.53. The molecule has 3 rings (SSSR count). The van der Waals surface area contributed by atoms with Gasteiger partial charge in [-0.05, 0) is 29.7 Å². The van der Waals surface area contributed by atoms with Crippen molar-refractivity contribution in [2.75, 3.05) is 13.1 Å². The lowest BCUT2D eigenvalue weighted by molar-refractivity contribution is 0.0697. The normalized spacial score (nSPS) is 15.8. The van der Waals surface area contributed by atoms with Gasteiger partial charge in [0, 0.05) is 42.7 Å². The Morgan fingerprint density at radius 1 is 1.45 bits per heavy atom. The molecule has 1 aromatic heterocycles. The lowest BCUT2D eigenvalue weighted by Gasteiger charge is -2.28. The first-order chi connectivity index (χ1) is 9.54. The lowest BCUT2D eigenvalue weighted by atomic mass is 10.0. The van der Waals surface area contributed by atoms with Gasteiger partial charge in [-0.2, -0.15) is 0 Å². The molecule has 0 saturated heterocycles. The van der Waals surface area contributed by atoms with Crippen LogP contribution in [-0.4, -0.2) is 34.0 Å². The maximum absolute atomic E-state index is 11.1. The molecule has 0 aliphatic carbocycles. The van der Waals surface area contributed by atoms with E-state index in [1.807, 2.05) is 6.07 Å². The molecule has 0 fully saturated rings. The van der Waals surface area contributed by atoms with Crippen LogP contribution in [0.5, 0.6) is 0 Å². The second kappa shape index (κ2) is 4.94. The van der Waals surface area contributed by atoms with Gasteiger partial charge in [-0.3, -0.25) is 4.90 Å². The van der Waals surface area contributed by atoms with Crippen LogP contribution in [0.25, 0.3) is 10.9 Å². The molecule has 1 aromatic carbocycles. The molecule has 0 radical (unpaired) electrons. The van der Waals surface area contributed by atoms with E-state index in [-0.39, 0.29) is 0 Å². The number of aromatic carboxylic acids is 1. The van der Waals surface area contributed by atoms with Crippen molar-refractivity contribution in [2.24, 2.45) is 5.92 Å². The highest BCUT2D eigenvalue weighted by molar-refractivity contribution is 5.95. The molecule has 0 saturated carbocycles. The predicted octanol–water partition coefficient (Wildman–Crippen LogP) is 2.88. The van der Waals surface area contributed by atoms with E-state index >= 15 is 0 Å². The van der Waals surface area contributed by atoms with Crippen molar-refractivity contribution < 1.29 is 9.90 Å². The van der Waals surface area contributed by atoms with Crippen LogP contribution in [0.1, 0.15) is 35.5 Å². The Labute approximate surface area is 118 Å². The number of aromatic amines is 1. The van der Waals surface area contributed by atoms with Gasteiger partial charge < -0.3 is 10.1 Å². The molecule has 0 unspecified atom stereocenters. The number of rotatable bonds is 3. The summed E-state index contributed by atoms with van der Waals surface area (Å²) in [6.07, 6.45) is 1.01. The van der Waals surface area contributed by atoms with Gasteiger partial charge >= 0.3 is 5.97 Å². The standard InChI is InChI=1S/C16H20N2O2/c1-10(2)8-18-6-5-15-13(9-18)12-7-11(16(19)20)3-4-14(12)17-15/h3-4,7,10,17H,5-6,8-9H2,1-2H3,(H,19,20). The highest BCUT2D eigenvalue weighted by Crippen LogP contribution is 2.28. The molecule has 0 amide bonds. The fourth-order valence-electron chi connectivity index (χ4n) is 3.08. The van der Waals surface area contributed by atoms with Gasteiger partial charge in [0.25, 0.3) is 0 Å². The zero-order chi connectivity index (χ0) is 14.3. The molecular weight excluding hydrogens is 252 g/mol. The van der Waals surface area contributed by atoms with E-state index in [9.17, 15) is 4.79 Å². The molecule has 0 atom stereocenters. The molecule has 2 aromatic rings. The Morgan fingerprint density at radius 3 is 2.95 bits per heavy atom. The van der Waals surface area contributed by atoms with E-state index in [0.29, 0.717) is 11.5 Å². The zero-order valence-corrected chi connectivity index (χ0v) is 11.9. The van der Waals surface area contributed by atoms with E-state index < -0.39 is 5.97 Å². The lowest BCUT2D eigenvalue weighted by Crippen LogP contribution is -2.33. The average molecular weight is 272 g/mol. The summed E-state index contributed by atoms with van der Waals surface area (Å²) in [6, 6.07) is 5.34. The number of hydrogen-bond acceptors (Lipinski definition) is 2. The highest BCUT2D eigenvalue weighted by atomic mass is 16.4. The summed E-state index contributed by atoms with van der Waals surface area (Å²) in [5.74, 6) is -0.215. The van der Waals surface area contributed by atoms with Crippen molar-refractivity contribution >= 4 is 16.9 Å². The summed E-state index contributed by atoms with van der Waals surface area (Å²) in [4.78, 5) is 17.0. The Balaban J connectivity index is 2.00. The molecule has 1 aliphatic heterocycles. The molecule has 106 valence electrons. The quantitative estimate of drug-likeness (QED) is 0.903. The van der Waals surface area contributed by atoms with E-state index in [2.05, 4.69) is 23.7 Å². The Morgan fingerprint density at radius 2 is 2.25 bits per heavy atom. The van der Waals surface area contributed by atoms with E-state index in [1.54, 1.807) is 12.1 Å². The second-order valence-electron chi connectivity index (χ2n) is 6.03. The van der Waals surface area contributed by atoms with Crippen molar-refractivity contribution in [3.63, 3.8) is 0 Å². The van der Waals surface area contributed by atoms with Crippen molar-refractivity contribution in [2.45, 2.75) is 26.8 Å². The first-order valence-electron chi connectivity index (χ1n) is 7.13. The summed E-state index contributed by atoms with van der Waals surface area (Å²) < 4.78 is 0. The zero-order valence-electron chi connectivity index (χ0n) is 11.9. The number of H-pyrrole nitrogens is 1. The molecule has 2 heterocycles.